The zero-order valence-corrected chi connectivity index (χ0v) is 13.3. The van der Waals surface area contributed by atoms with Crippen LogP contribution in [0.2, 0.25) is 0 Å². The summed E-state index contributed by atoms with van der Waals surface area (Å²) in [6.45, 7) is 4.51. The van der Waals surface area contributed by atoms with Crippen molar-refractivity contribution in [3.8, 4) is 11.5 Å². The van der Waals surface area contributed by atoms with E-state index in [1.807, 2.05) is 12.1 Å². The monoisotopic (exact) mass is 318 g/mol. The first kappa shape index (κ1) is 16.9. The number of carbonyl (C=O) groups is 2. The van der Waals surface area contributed by atoms with Gasteiger partial charge in [0.2, 0.25) is 5.91 Å². The normalized spacial score (nSPS) is 16.9. The molecule has 0 radical (unpaired) electrons. The highest BCUT2D eigenvalue weighted by Crippen LogP contribution is 2.28. The number of ether oxygens (including phenoxy) is 2. The first-order chi connectivity index (χ1) is 11.0. The topological polar surface area (TPSA) is 81.9 Å². The van der Waals surface area contributed by atoms with Crippen molar-refractivity contribution in [2.24, 2.45) is 11.7 Å². The molecule has 0 aliphatic carbocycles. The molecule has 2 N–H and O–H groups in total. The van der Waals surface area contributed by atoms with Gasteiger partial charge in [-0.2, -0.15) is 0 Å². The highest BCUT2D eigenvalue weighted by Gasteiger charge is 2.29. The Morgan fingerprint density at radius 1 is 1.43 bits per heavy atom. The molecule has 0 unspecified atom stereocenters. The second-order valence-electron chi connectivity index (χ2n) is 5.49. The van der Waals surface area contributed by atoms with Crippen LogP contribution in [0.15, 0.2) is 30.9 Å². The van der Waals surface area contributed by atoms with E-state index in [-0.39, 0.29) is 24.3 Å². The standard InChI is InChI=1S/C17H22N2O4/c1-3-4-12-5-6-14(15(9-12)22-2)23-11-16(20)19-8-7-13(10-19)17(18)21/h3,5-6,9,13H,1,4,7-8,10-11H2,2H3,(H2,18,21)/t13-/m0/s1. The van der Waals surface area contributed by atoms with Gasteiger partial charge in [-0.25, -0.2) is 0 Å². The number of hydrogen-bond acceptors (Lipinski definition) is 4. The van der Waals surface area contributed by atoms with Gasteiger partial charge < -0.3 is 20.1 Å². The van der Waals surface area contributed by atoms with Crippen molar-refractivity contribution in [1.82, 2.24) is 4.90 Å². The Hall–Kier alpha value is -2.50. The third kappa shape index (κ3) is 4.25. The van der Waals surface area contributed by atoms with E-state index in [2.05, 4.69) is 6.58 Å². The summed E-state index contributed by atoms with van der Waals surface area (Å²) in [5.74, 6) is 0.311. The number of hydrogen-bond donors (Lipinski definition) is 1. The second kappa shape index (κ2) is 7.67. The molecule has 6 nitrogen and oxygen atoms in total. The predicted octanol–water partition coefficient (Wildman–Crippen LogP) is 1.14. The third-order valence-corrected chi connectivity index (χ3v) is 3.90. The number of benzene rings is 1. The van der Waals surface area contributed by atoms with Crippen LogP contribution in [0.5, 0.6) is 11.5 Å². The van der Waals surface area contributed by atoms with Gasteiger partial charge in [0.15, 0.2) is 18.1 Å². The maximum absolute atomic E-state index is 12.2. The SMILES string of the molecule is C=CCc1ccc(OCC(=O)N2CC[C@H](C(N)=O)C2)c(OC)c1. The van der Waals surface area contributed by atoms with Crippen molar-refractivity contribution in [3.63, 3.8) is 0 Å². The van der Waals surface area contributed by atoms with Crippen LogP contribution in [-0.2, 0) is 16.0 Å². The Labute approximate surface area is 135 Å². The number of rotatable bonds is 7. The molecule has 6 heteroatoms. The van der Waals surface area contributed by atoms with E-state index in [1.165, 1.54) is 0 Å². The summed E-state index contributed by atoms with van der Waals surface area (Å²) in [5.41, 5.74) is 6.33. The average molecular weight is 318 g/mol. The largest absolute Gasteiger partial charge is 0.493 e. The molecule has 2 amide bonds. The van der Waals surface area contributed by atoms with Gasteiger partial charge in [0.25, 0.3) is 5.91 Å². The van der Waals surface area contributed by atoms with E-state index in [1.54, 1.807) is 24.2 Å². The summed E-state index contributed by atoms with van der Waals surface area (Å²) in [5, 5.41) is 0. The lowest BCUT2D eigenvalue weighted by atomic mass is 10.1. The second-order valence-corrected chi connectivity index (χ2v) is 5.49. The number of primary amides is 1. The summed E-state index contributed by atoms with van der Waals surface area (Å²) in [6.07, 6.45) is 3.15. The summed E-state index contributed by atoms with van der Waals surface area (Å²) in [4.78, 5) is 24.9. The summed E-state index contributed by atoms with van der Waals surface area (Å²) in [6, 6.07) is 5.55. The quantitative estimate of drug-likeness (QED) is 0.764. The molecule has 2 rings (SSSR count). The van der Waals surface area contributed by atoms with Crippen LogP contribution in [0.4, 0.5) is 0 Å². The van der Waals surface area contributed by atoms with Crippen molar-refractivity contribution >= 4 is 11.8 Å². The molecule has 0 aromatic heterocycles. The Morgan fingerprint density at radius 3 is 2.83 bits per heavy atom. The Bertz CT molecular complexity index is 600. The number of carbonyl (C=O) groups excluding carboxylic acids is 2. The van der Waals surface area contributed by atoms with Crippen LogP contribution in [0.3, 0.4) is 0 Å². The van der Waals surface area contributed by atoms with Crippen molar-refractivity contribution in [3.05, 3.63) is 36.4 Å². The lowest BCUT2D eigenvalue weighted by Gasteiger charge is -2.17. The molecule has 1 aromatic rings. The zero-order chi connectivity index (χ0) is 16.8. The Balaban J connectivity index is 1.94. The van der Waals surface area contributed by atoms with Crippen molar-refractivity contribution < 1.29 is 19.1 Å². The molecule has 1 atom stereocenters. The minimum absolute atomic E-state index is 0.0946. The predicted molar refractivity (Wildman–Crippen MR) is 86.3 cm³/mol. The van der Waals surface area contributed by atoms with Crippen molar-refractivity contribution in [2.45, 2.75) is 12.8 Å². The minimum Gasteiger partial charge on any atom is -0.493 e. The maximum atomic E-state index is 12.2. The number of nitrogens with two attached hydrogens (primary N) is 1. The average Bonchev–Trinajstić information content (AvgIpc) is 3.03. The fourth-order valence-corrected chi connectivity index (χ4v) is 2.57. The van der Waals surface area contributed by atoms with E-state index < -0.39 is 0 Å². The van der Waals surface area contributed by atoms with E-state index in [9.17, 15) is 9.59 Å². The molecule has 1 aliphatic rings. The smallest absolute Gasteiger partial charge is 0.260 e. The third-order valence-electron chi connectivity index (χ3n) is 3.90. The zero-order valence-electron chi connectivity index (χ0n) is 13.3. The van der Waals surface area contributed by atoms with Crippen LogP contribution in [0.1, 0.15) is 12.0 Å². The minimum atomic E-state index is -0.360. The number of likely N-dealkylation sites (tertiary alicyclic amines) is 1. The van der Waals surface area contributed by atoms with Gasteiger partial charge in [0.05, 0.1) is 13.0 Å². The van der Waals surface area contributed by atoms with E-state index in [0.29, 0.717) is 31.0 Å². The molecular formula is C17H22N2O4. The number of amides is 2. The lowest BCUT2D eigenvalue weighted by molar-refractivity contribution is -0.132. The van der Waals surface area contributed by atoms with Crippen LogP contribution < -0.4 is 15.2 Å². The molecule has 0 bridgehead atoms. The van der Waals surface area contributed by atoms with E-state index in [4.69, 9.17) is 15.2 Å². The fraction of sp³-hybridized carbons (Fsp3) is 0.412. The molecule has 0 saturated carbocycles. The van der Waals surface area contributed by atoms with E-state index in [0.717, 1.165) is 12.0 Å². The molecule has 1 fully saturated rings. The van der Waals surface area contributed by atoms with Gasteiger partial charge in [0, 0.05) is 13.1 Å². The van der Waals surface area contributed by atoms with Crippen LogP contribution in [0.25, 0.3) is 0 Å². The molecule has 124 valence electrons. The van der Waals surface area contributed by atoms with Gasteiger partial charge in [0.1, 0.15) is 0 Å². The summed E-state index contributed by atoms with van der Waals surface area (Å²) < 4.78 is 10.9. The molecule has 1 saturated heterocycles. The van der Waals surface area contributed by atoms with Gasteiger partial charge in [-0.05, 0) is 30.5 Å². The molecule has 0 spiro atoms. The lowest BCUT2D eigenvalue weighted by Crippen LogP contribution is -2.34. The van der Waals surface area contributed by atoms with E-state index >= 15 is 0 Å². The first-order valence-electron chi connectivity index (χ1n) is 7.52. The fourth-order valence-electron chi connectivity index (χ4n) is 2.57. The number of nitrogens with zero attached hydrogens (tertiary/aromatic N) is 1. The highest BCUT2D eigenvalue weighted by molar-refractivity contribution is 5.81. The summed E-state index contributed by atoms with van der Waals surface area (Å²) >= 11 is 0. The van der Waals surface area contributed by atoms with Gasteiger partial charge in [-0.15, -0.1) is 6.58 Å². The van der Waals surface area contributed by atoms with Crippen LogP contribution in [-0.4, -0.2) is 43.5 Å². The van der Waals surface area contributed by atoms with Crippen LogP contribution >= 0.6 is 0 Å². The Kier molecular flexibility index (Phi) is 5.62. The molecular weight excluding hydrogens is 296 g/mol. The molecule has 1 heterocycles. The highest BCUT2D eigenvalue weighted by atomic mass is 16.5. The number of methoxy groups -OCH3 is 1. The van der Waals surface area contributed by atoms with Gasteiger partial charge in [-0.3, -0.25) is 9.59 Å². The van der Waals surface area contributed by atoms with Gasteiger partial charge >= 0.3 is 0 Å². The summed E-state index contributed by atoms with van der Waals surface area (Å²) in [7, 11) is 1.56. The molecule has 1 aliphatic heterocycles. The van der Waals surface area contributed by atoms with Gasteiger partial charge in [-0.1, -0.05) is 12.1 Å². The molecule has 1 aromatic carbocycles. The molecule has 23 heavy (non-hydrogen) atoms. The maximum Gasteiger partial charge on any atom is 0.260 e. The first-order valence-corrected chi connectivity index (χ1v) is 7.52. The van der Waals surface area contributed by atoms with Crippen molar-refractivity contribution in [2.75, 3.05) is 26.8 Å². The van der Waals surface area contributed by atoms with Crippen LogP contribution in [0, 0.1) is 5.92 Å². The Morgan fingerprint density at radius 2 is 2.22 bits per heavy atom. The number of allylic oxidation sites excluding steroid dienone is 1. The van der Waals surface area contributed by atoms with Crippen molar-refractivity contribution in [1.29, 1.82) is 0 Å².